The van der Waals surface area contributed by atoms with Gasteiger partial charge in [0, 0.05) is 28.2 Å². The third kappa shape index (κ3) is 4.14. The number of hydrogen-bond acceptors (Lipinski definition) is 1. The summed E-state index contributed by atoms with van der Waals surface area (Å²) in [5.41, 5.74) is 6.63. The van der Waals surface area contributed by atoms with Crippen molar-refractivity contribution in [2.45, 2.75) is 0 Å². The predicted molar refractivity (Wildman–Crippen MR) is 72.5 cm³/mol. The van der Waals surface area contributed by atoms with E-state index in [2.05, 4.69) is 9.98 Å². The van der Waals surface area contributed by atoms with Crippen molar-refractivity contribution in [2.24, 2.45) is 15.7 Å². The second kappa shape index (κ2) is 5.89. The van der Waals surface area contributed by atoms with Crippen molar-refractivity contribution in [3.63, 3.8) is 0 Å². The zero-order valence-electron chi connectivity index (χ0n) is 10.8. The molecular formula is C12H19N5. The molecule has 0 aliphatic carbocycles. The Kier molecular flexibility index (Phi) is 4.51. The Morgan fingerprint density at radius 1 is 1.00 bits per heavy atom. The molecule has 0 bridgehead atoms. The summed E-state index contributed by atoms with van der Waals surface area (Å²) < 4.78 is 0. The second-order valence-electron chi connectivity index (χ2n) is 4.01. The SMILES string of the molecule is CN(C)C(N)=NC(=Nc1ccccc1)N(C)C. The highest BCUT2D eigenvalue weighted by Gasteiger charge is 2.03. The van der Waals surface area contributed by atoms with Gasteiger partial charge >= 0.3 is 0 Å². The summed E-state index contributed by atoms with van der Waals surface area (Å²) in [6.45, 7) is 0. The van der Waals surface area contributed by atoms with E-state index in [1.54, 1.807) is 4.90 Å². The van der Waals surface area contributed by atoms with E-state index in [4.69, 9.17) is 5.73 Å². The number of hydrogen-bond donors (Lipinski definition) is 1. The van der Waals surface area contributed by atoms with Crippen LogP contribution in [0.15, 0.2) is 40.3 Å². The van der Waals surface area contributed by atoms with Crippen molar-refractivity contribution in [2.75, 3.05) is 28.2 Å². The van der Waals surface area contributed by atoms with Crippen LogP contribution in [0.4, 0.5) is 5.69 Å². The highest BCUT2D eigenvalue weighted by Crippen LogP contribution is 2.10. The maximum atomic E-state index is 5.78. The first-order valence-electron chi connectivity index (χ1n) is 5.33. The maximum absolute atomic E-state index is 5.78. The van der Waals surface area contributed by atoms with Crippen LogP contribution in [0.1, 0.15) is 0 Å². The largest absolute Gasteiger partial charge is 0.369 e. The Morgan fingerprint density at radius 2 is 1.59 bits per heavy atom. The van der Waals surface area contributed by atoms with E-state index in [1.807, 2.05) is 63.4 Å². The van der Waals surface area contributed by atoms with Crippen molar-refractivity contribution >= 4 is 17.6 Å². The minimum Gasteiger partial charge on any atom is -0.369 e. The molecule has 5 heteroatoms. The molecule has 0 spiro atoms. The Labute approximate surface area is 102 Å². The Morgan fingerprint density at radius 3 is 2.06 bits per heavy atom. The summed E-state index contributed by atoms with van der Waals surface area (Å²) >= 11 is 0. The van der Waals surface area contributed by atoms with Crippen molar-refractivity contribution in [1.82, 2.24) is 9.80 Å². The highest BCUT2D eigenvalue weighted by atomic mass is 15.3. The van der Waals surface area contributed by atoms with Crippen LogP contribution in [-0.4, -0.2) is 49.9 Å². The molecule has 1 rings (SSSR count). The lowest BCUT2D eigenvalue weighted by Crippen LogP contribution is -2.33. The van der Waals surface area contributed by atoms with Crippen molar-refractivity contribution < 1.29 is 0 Å². The minimum atomic E-state index is 0.424. The molecule has 0 unspecified atom stereocenters. The topological polar surface area (TPSA) is 57.2 Å². The molecule has 0 radical (unpaired) electrons. The third-order valence-corrected chi connectivity index (χ3v) is 2.06. The lowest BCUT2D eigenvalue weighted by Gasteiger charge is -2.15. The number of aliphatic imine (C=N–C) groups is 2. The first-order chi connectivity index (χ1) is 8.00. The zero-order chi connectivity index (χ0) is 12.8. The van der Waals surface area contributed by atoms with Crippen LogP contribution in [-0.2, 0) is 0 Å². The lowest BCUT2D eigenvalue weighted by atomic mass is 10.3. The van der Waals surface area contributed by atoms with E-state index in [1.165, 1.54) is 0 Å². The molecule has 0 saturated carbocycles. The quantitative estimate of drug-likeness (QED) is 0.584. The number of nitrogens with two attached hydrogens (primary N) is 1. The van der Waals surface area contributed by atoms with E-state index >= 15 is 0 Å². The van der Waals surface area contributed by atoms with Gasteiger partial charge < -0.3 is 15.5 Å². The minimum absolute atomic E-state index is 0.424. The molecule has 1 aromatic carbocycles. The van der Waals surface area contributed by atoms with E-state index in [9.17, 15) is 0 Å². The lowest BCUT2D eigenvalue weighted by molar-refractivity contribution is 0.596. The van der Waals surface area contributed by atoms with Crippen LogP contribution in [0.2, 0.25) is 0 Å². The monoisotopic (exact) mass is 233 g/mol. The number of nitrogens with zero attached hydrogens (tertiary/aromatic N) is 4. The average molecular weight is 233 g/mol. The summed E-state index contributed by atoms with van der Waals surface area (Å²) in [5, 5.41) is 0. The molecule has 0 fully saturated rings. The fourth-order valence-electron chi connectivity index (χ4n) is 1.05. The molecule has 1 aromatic rings. The first-order valence-corrected chi connectivity index (χ1v) is 5.33. The number of para-hydroxylation sites is 1. The van der Waals surface area contributed by atoms with Crippen LogP contribution in [0.25, 0.3) is 0 Å². The van der Waals surface area contributed by atoms with E-state index in [0.29, 0.717) is 11.9 Å². The Hall–Kier alpha value is -2.04. The summed E-state index contributed by atoms with van der Waals surface area (Å²) in [4.78, 5) is 12.3. The number of benzene rings is 1. The molecule has 0 amide bonds. The van der Waals surface area contributed by atoms with Crippen molar-refractivity contribution in [1.29, 1.82) is 0 Å². The van der Waals surface area contributed by atoms with Gasteiger partial charge in [0.2, 0.25) is 5.96 Å². The van der Waals surface area contributed by atoms with Crippen LogP contribution in [0, 0.1) is 0 Å². The highest BCUT2D eigenvalue weighted by molar-refractivity contribution is 5.94. The molecule has 0 atom stereocenters. The van der Waals surface area contributed by atoms with Gasteiger partial charge in [-0.1, -0.05) is 18.2 Å². The van der Waals surface area contributed by atoms with Gasteiger partial charge in [0.1, 0.15) is 0 Å². The second-order valence-corrected chi connectivity index (χ2v) is 4.01. The fourth-order valence-corrected chi connectivity index (χ4v) is 1.05. The summed E-state index contributed by atoms with van der Waals surface area (Å²) in [7, 11) is 7.45. The molecule has 0 aromatic heterocycles. The summed E-state index contributed by atoms with van der Waals surface area (Å²) in [5.74, 6) is 0.996. The van der Waals surface area contributed by atoms with Gasteiger partial charge in [-0.25, -0.2) is 4.99 Å². The third-order valence-electron chi connectivity index (χ3n) is 2.06. The molecule has 0 aliphatic heterocycles. The molecule has 0 aliphatic rings. The standard InChI is InChI=1S/C12H19N5/c1-16(2)11(13)15-12(17(3)4)14-10-8-6-5-7-9-10/h5-9H,1-4H3,(H2,13,14,15). The van der Waals surface area contributed by atoms with Gasteiger partial charge in [-0.15, -0.1) is 0 Å². The first kappa shape index (κ1) is 13.0. The van der Waals surface area contributed by atoms with E-state index in [-0.39, 0.29) is 0 Å². The molecule has 5 nitrogen and oxygen atoms in total. The van der Waals surface area contributed by atoms with E-state index < -0.39 is 0 Å². The fraction of sp³-hybridized carbons (Fsp3) is 0.333. The number of rotatable bonds is 1. The summed E-state index contributed by atoms with van der Waals surface area (Å²) in [6.07, 6.45) is 0. The number of guanidine groups is 2. The molecule has 0 heterocycles. The molecule has 17 heavy (non-hydrogen) atoms. The average Bonchev–Trinajstić information content (AvgIpc) is 2.29. The Bertz CT molecular complexity index is 406. The van der Waals surface area contributed by atoms with Crippen LogP contribution in [0.5, 0.6) is 0 Å². The molecule has 92 valence electrons. The summed E-state index contributed by atoms with van der Waals surface area (Å²) in [6, 6.07) is 9.66. The van der Waals surface area contributed by atoms with Crippen molar-refractivity contribution in [3.05, 3.63) is 30.3 Å². The van der Waals surface area contributed by atoms with Gasteiger partial charge in [0.25, 0.3) is 0 Å². The van der Waals surface area contributed by atoms with Gasteiger partial charge in [0.15, 0.2) is 5.96 Å². The van der Waals surface area contributed by atoms with Gasteiger partial charge in [-0.05, 0) is 12.1 Å². The smallest absolute Gasteiger partial charge is 0.228 e. The molecular weight excluding hydrogens is 214 g/mol. The maximum Gasteiger partial charge on any atom is 0.228 e. The molecule has 2 N–H and O–H groups in total. The van der Waals surface area contributed by atoms with Crippen molar-refractivity contribution in [3.8, 4) is 0 Å². The Balaban J connectivity index is 3.03. The van der Waals surface area contributed by atoms with Gasteiger partial charge in [-0.2, -0.15) is 4.99 Å². The molecule has 0 saturated heterocycles. The van der Waals surface area contributed by atoms with E-state index in [0.717, 1.165) is 5.69 Å². The van der Waals surface area contributed by atoms with Gasteiger partial charge in [0.05, 0.1) is 5.69 Å². The van der Waals surface area contributed by atoms with Crippen LogP contribution >= 0.6 is 0 Å². The van der Waals surface area contributed by atoms with Gasteiger partial charge in [-0.3, -0.25) is 0 Å². The van der Waals surface area contributed by atoms with Crippen LogP contribution < -0.4 is 5.73 Å². The predicted octanol–water partition coefficient (Wildman–Crippen LogP) is 1.11. The van der Waals surface area contributed by atoms with Crippen LogP contribution in [0.3, 0.4) is 0 Å². The normalized spacial score (nSPS) is 12.5. The zero-order valence-corrected chi connectivity index (χ0v) is 10.8.